The van der Waals surface area contributed by atoms with Crippen LogP contribution in [0.1, 0.15) is 24.0 Å². The van der Waals surface area contributed by atoms with Crippen molar-refractivity contribution in [3.05, 3.63) is 84.0 Å². The Bertz CT molecular complexity index is 1100. The number of esters is 1. The lowest BCUT2D eigenvalue weighted by atomic mass is 9.81. The van der Waals surface area contributed by atoms with Crippen molar-refractivity contribution in [3.63, 3.8) is 0 Å². The highest BCUT2D eigenvalue weighted by molar-refractivity contribution is 7.78. The normalized spacial score (nSPS) is 12.0. The number of thiol groups is 1. The number of methoxy groups -OCH3 is 1. The number of allylic oxidation sites excluding steroid dienone is 2. The number of nitrogens with zero attached hydrogens (tertiary/aromatic N) is 2. The van der Waals surface area contributed by atoms with Crippen LogP contribution in [0, 0.1) is 0 Å². The van der Waals surface area contributed by atoms with Gasteiger partial charge in [0.05, 0.1) is 12.7 Å². The molecule has 1 aliphatic heterocycles. The highest BCUT2D eigenvalue weighted by Crippen LogP contribution is 2.49. The third-order valence-electron chi connectivity index (χ3n) is 5.38. The highest BCUT2D eigenvalue weighted by atomic mass is 32.1. The third kappa shape index (κ3) is 6.70. The average molecular weight is 496 g/mol. The Kier molecular flexibility index (Phi) is 9.59. The molecule has 0 unspecified atom stereocenters. The van der Waals surface area contributed by atoms with E-state index < -0.39 is 5.97 Å². The summed E-state index contributed by atoms with van der Waals surface area (Å²) in [6.07, 6.45) is 3.50. The number of carbonyl (C=O) groups is 2. The van der Waals surface area contributed by atoms with Crippen LogP contribution < -0.4 is 19.3 Å². The van der Waals surface area contributed by atoms with Crippen LogP contribution in [0.4, 0.5) is 11.4 Å². The van der Waals surface area contributed by atoms with E-state index >= 15 is 0 Å². The Morgan fingerprint density at radius 1 is 1.03 bits per heavy atom. The first-order chi connectivity index (χ1) is 16.5. The molecule has 186 valence electrons. The summed E-state index contributed by atoms with van der Waals surface area (Å²) in [5.74, 6) is 0.827. The number of hydrogen-bond donors (Lipinski definition) is 2. The summed E-state index contributed by atoms with van der Waals surface area (Å²) in [5.41, 5.74) is 5.23. The number of nitrogens with one attached hydrogen (secondary N) is 1. The number of amides is 1. The lowest BCUT2D eigenvalue weighted by molar-refractivity contribution is -0.135. The van der Waals surface area contributed by atoms with E-state index in [1.54, 1.807) is 12.2 Å². The van der Waals surface area contributed by atoms with Crippen LogP contribution in [-0.4, -0.2) is 47.2 Å². The molecular formula is C27H33N3O4S. The molecule has 8 heteroatoms. The van der Waals surface area contributed by atoms with Gasteiger partial charge in [-0.3, -0.25) is 4.79 Å². The molecule has 0 radical (unpaired) electrons. The second kappa shape index (κ2) is 12.2. The first-order valence-electron chi connectivity index (χ1n) is 10.9. The van der Waals surface area contributed by atoms with Gasteiger partial charge in [0.1, 0.15) is 11.5 Å². The molecule has 1 N–H and O–H groups in total. The summed E-state index contributed by atoms with van der Waals surface area (Å²) in [6, 6.07) is 12.3. The van der Waals surface area contributed by atoms with Crippen molar-refractivity contribution < 1.29 is 19.1 Å². The fraction of sp³-hybridized carbons (Fsp3) is 0.259. The first-order valence-corrected chi connectivity index (χ1v) is 11.3. The predicted octanol–water partition coefficient (Wildman–Crippen LogP) is 4.87. The maximum absolute atomic E-state index is 11.9. The second-order valence-corrected chi connectivity index (χ2v) is 8.53. The molecule has 7 nitrogen and oxygen atoms in total. The molecule has 1 aliphatic rings. The monoisotopic (exact) mass is 495 g/mol. The molecule has 0 atom stereocenters. The zero-order valence-electron chi connectivity index (χ0n) is 21.1. The van der Waals surface area contributed by atoms with Gasteiger partial charge in [0.15, 0.2) is 0 Å². The summed E-state index contributed by atoms with van der Waals surface area (Å²) in [5, 5.41) is 0. The van der Waals surface area contributed by atoms with E-state index in [4.69, 9.17) is 9.47 Å². The smallest absolute Gasteiger partial charge is 0.337 e. The van der Waals surface area contributed by atoms with Gasteiger partial charge in [-0.15, -0.1) is 0 Å². The summed E-state index contributed by atoms with van der Waals surface area (Å²) >= 11 is 3.42. The minimum Gasteiger partial charge on any atom is -0.465 e. The molecule has 0 spiro atoms. The largest absolute Gasteiger partial charge is 0.465 e. The number of fused-ring (bicyclic) bond motifs is 2. The van der Waals surface area contributed by atoms with Gasteiger partial charge in [-0.05, 0) is 23.8 Å². The lowest BCUT2D eigenvalue weighted by Crippen LogP contribution is -2.16. The molecule has 0 fully saturated rings. The number of anilines is 2. The van der Waals surface area contributed by atoms with Crippen molar-refractivity contribution in [2.45, 2.75) is 12.8 Å². The molecule has 0 aliphatic carbocycles. The van der Waals surface area contributed by atoms with Crippen LogP contribution in [0.5, 0.6) is 11.5 Å². The Balaban J connectivity index is 0.000000784. The van der Waals surface area contributed by atoms with Crippen molar-refractivity contribution in [1.82, 2.24) is 4.72 Å². The van der Waals surface area contributed by atoms with Crippen molar-refractivity contribution in [1.29, 1.82) is 0 Å². The van der Waals surface area contributed by atoms with E-state index in [2.05, 4.69) is 55.0 Å². The van der Waals surface area contributed by atoms with E-state index in [9.17, 15) is 9.59 Å². The predicted molar refractivity (Wildman–Crippen MR) is 146 cm³/mol. The topological polar surface area (TPSA) is 71.1 Å². The van der Waals surface area contributed by atoms with E-state index in [-0.39, 0.29) is 17.4 Å². The Labute approximate surface area is 213 Å². The van der Waals surface area contributed by atoms with Gasteiger partial charge < -0.3 is 24.0 Å². The Hall–Kier alpha value is -3.65. The van der Waals surface area contributed by atoms with Crippen LogP contribution in [0.2, 0.25) is 0 Å². The standard InChI is InChI=1S/C25H28N2O3.C2H5NOS/c1-8-17(13-16(2)25(28)29-7)24-20-11-9-18(26(3)4)14-22(20)30-23-15-19(27(5)6)10-12-21(23)24;1-2(4)3-5/h8-15,24H,1-2H2,3-7H3;5H,1H3,(H,3,4)/b17-13+;. The molecule has 0 bridgehead atoms. The van der Waals surface area contributed by atoms with Gasteiger partial charge in [-0.2, -0.15) is 0 Å². The lowest BCUT2D eigenvalue weighted by Gasteiger charge is -2.31. The Morgan fingerprint density at radius 3 is 1.83 bits per heavy atom. The van der Waals surface area contributed by atoms with Crippen LogP contribution in [0.3, 0.4) is 0 Å². The van der Waals surface area contributed by atoms with Crippen LogP contribution in [0.25, 0.3) is 0 Å². The maximum atomic E-state index is 11.9. The van der Waals surface area contributed by atoms with Crippen molar-refractivity contribution in [2.24, 2.45) is 0 Å². The molecule has 0 saturated carbocycles. The van der Waals surface area contributed by atoms with E-state index in [0.717, 1.165) is 39.6 Å². The molecule has 0 aromatic heterocycles. The minimum absolute atomic E-state index is 0.131. The number of hydrogen-bond acceptors (Lipinski definition) is 7. The van der Waals surface area contributed by atoms with Crippen molar-refractivity contribution in [2.75, 3.05) is 45.1 Å². The summed E-state index contributed by atoms with van der Waals surface area (Å²) in [6.45, 7) is 9.24. The van der Waals surface area contributed by atoms with E-state index in [1.165, 1.54) is 14.0 Å². The maximum Gasteiger partial charge on any atom is 0.337 e. The van der Waals surface area contributed by atoms with Gasteiger partial charge in [0, 0.05) is 75.7 Å². The molecule has 3 rings (SSSR count). The third-order valence-corrected chi connectivity index (χ3v) is 5.70. The fourth-order valence-electron chi connectivity index (χ4n) is 3.55. The van der Waals surface area contributed by atoms with Crippen LogP contribution >= 0.6 is 12.8 Å². The van der Waals surface area contributed by atoms with Gasteiger partial charge in [0.2, 0.25) is 5.91 Å². The molecule has 35 heavy (non-hydrogen) atoms. The second-order valence-electron chi connectivity index (χ2n) is 8.30. The van der Waals surface area contributed by atoms with E-state index in [0.29, 0.717) is 0 Å². The van der Waals surface area contributed by atoms with Gasteiger partial charge >= 0.3 is 5.97 Å². The van der Waals surface area contributed by atoms with Gasteiger partial charge in [-0.25, -0.2) is 4.79 Å². The minimum atomic E-state index is -0.465. The molecule has 1 heterocycles. The molecular weight excluding hydrogens is 462 g/mol. The van der Waals surface area contributed by atoms with Gasteiger partial charge in [-0.1, -0.05) is 44.2 Å². The molecule has 2 aromatic carbocycles. The molecule has 1 amide bonds. The first kappa shape index (κ1) is 27.6. The highest BCUT2D eigenvalue weighted by Gasteiger charge is 2.30. The SMILES string of the molecule is C=C/C(=C\C(=C)C(=O)OC)C1c2ccc(N(C)C)cc2Oc2cc(N(C)C)ccc21.CC(=O)NS. The number of ether oxygens (including phenoxy) is 2. The summed E-state index contributed by atoms with van der Waals surface area (Å²) in [7, 11) is 9.33. The summed E-state index contributed by atoms with van der Waals surface area (Å²) < 4.78 is 13.2. The van der Waals surface area contributed by atoms with Crippen molar-refractivity contribution >= 4 is 36.1 Å². The molecule has 0 saturated heterocycles. The Morgan fingerprint density at radius 2 is 1.49 bits per heavy atom. The number of carbonyl (C=O) groups excluding carboxylic acids is 2. The van der Waals surface area contributed by atoms with Crippen molar-refractivity contribution in [3.8, 4) is 11.5 Å². The zero-order chi connectivity index (χ0) is 26.3. The van der Waals surface area contributed by atoms with E-state index in [1.807, 2.05) is 50.1 Å². The van der Waals surface area contributed by atoms with Gasteiger partial charge in [0.25, 0.3) is 0 Å². The summed E-state index contributed by atoms with van der Waals surface area (Å²) in [4.78, 5) is 25.6. The number of rotatable bonds is 6. The quantitative estimate of drug-likeness (QED) is 0.258. The average Bonchev–Trinajstić information content (AvgIpc) is 2.84. The van der Waals surface area contributed by atoms with Crippen LogP contribution in [-0.2, 0) is 14.3 Å². The zero-order valence-corrected chi connectivity index (χ0v) is 22.0. The molecule has 2 aromatic rings. The number of benzene rings is 2. The fourth-order valence-corrected chi connectivity index (χ4v) is 3.55. The van der Waals surface area contributed by atoms with Crippen LogP contribution in [0.15, 0.2) is 72.9 Å².